The standard InChI is InChI=1S/C24H27Cl2FN2O2S/c1-16(24(31)28-20-4-2-3-5-20)29(13-18-8-11-21(25)22(26)12-18)23(30)15-32-14-17-6-9-19(27)10-7-17/h6-12,16,20H,2-5,13-15H2,1H3,(H,28,31). The zero-order valence-corrected chi connectivity index (χ0v) is 20.3. The maximum Gasteiger partial charge on any atom is 0.242 e. The second kappa shape index (κ2) is 11.9. The Kier molecular flexibility index (Phi) is 9.26. The highest BCUT2D eigenvalue weighted by Crippen LogP contribution is 2.24. The molecule has 172 valence electrons. The SMILES string of the molecule is CC(C(=O)NC1CCCC1)N(Cc1ccc(Cl)c(Cl)c1)C(=O)CSCc1ccc(F)cc1. The van der Waals surface area contributed by atoms with Crippen LogP contribution in [0.2, 0.25) is 10.0 Å². The summed E-state index contributed by atoms with van der Waals surface area (Å²) in [4.78, 5) is 27.6. The molecule has 2 aromatic carbocycles. The molecule has 2 amide bonds. The fourth-order valence-corrected chi connectivity index (χ4v) is 4.92. The van der Waals surface area contributed by atoms with Crippen molar-refractivity contribution in [3.05, 3.63) is 69.5 Å². The van der Waals surface area contributed by atoms with Gasteiger partial charge in [-0.1, -0.05) is 54.2 Å². The molecule has 1 atom stereocenters. The summed E-state index contributed by atoms with van der Waals surface area (Å²) in [6, 6.07) is 11.0. The van der Waals surface area contributed by atoms with Gasteiger partial charge in [0.15, 0.2) is 0 Å². The summed E-state index contributed by atoms with van der Waals surface area (Å²) in [5.41, 5.74) is 1.74. The third kappa shape index (κ3) is 7.12. The molecular weight excluding hydrogens is 470 g/mol. The van der Waals surface area contributed by atoms with Crippen LogP contribution in [0.3, 0.4) is 0 Å². The predicted molar refractivity (Wildman–Crippen MR) is 129 cm³/mol. The Morgan fingerprint density at radius 2 is 1.75 bits per heavy atom. The van der Waals surface area contributed by atoms with E-state index in [0.29, 0.717) is 15.8 Å². The molecule has 4 nitrogen and oxygen atoms in total. The molecule has 1 aliphatic carbocycles. The smallest absolute Gasteiger partial charge is 0.242 e. The molecule has 0 radical (unpaired) electrons. The zero-order valence-electron chi connectivity index (χ0n) is 18.0. The molecule has 2 aromatic rings. The highest BCUT2D eigenvalue weighted by molar-refractivity contribution is 7.99. The van der Waals surface area contributed by atoms with Gasteiger partial charge >= 0.3 is 0 Å². The largest absolute Gasteiger partial charge is 0.352 e. The number of amides is 2. The summed E-state index contributed by atoms with van der Waals surface area (Å²) >= 11 is 13.6. The summed E-state index contributed by atoms with van der Waals surface area (Å²) in [6.07, 6.45) is 4.19. The van der Waals surface area contributed by atoms with Gasteiger partial charge in [0.1, 0.15) is 11.9 Å². The van der Waals surface area contributed by atoms with Crippen LogP contribution in [0.1, 0.15) is 43.7 Å². The summed E-state index contributed by atoms with van der Waals surface area (Å²) in [6.45, 7) is 2.01. The fourth-order valence-electron chi connectivity index (χ4n) is 3.73. The Morgan fingerprint density at radius 1 is 1.09 bits per heavy atom. The number of nitrogens with zero attached hydrogens (tertiary/aromatic N) is 1. The van der Waals surface area contributed by atoms with E-state index >= 15 is 0 Å². The van der Waals surface area contributed by atoms with Gasteiger partial charge in [-0.2, -0.15) is 0 Å². The number of carbonyl (C=O) groups excluding carboxylic acids is 2. The van der Waals surface area contributed by atoms with Crippen molar-refractivity contribution in [2.24, 2.45) is 0 Å². The van der Waals surface area contributed by atoms with Gasteiger partial charge in [-0.05, 0) is 55.2 Å². The van der Waals surface area contributed by atoms with Gasteiger partial charge in [0.05, 0.1) is 15.8 Å². The lowest BCUT2D eigenvalue weighted by Crippen LogP contribution is -2.50. The highest BCUT2D eigenvalue weighted by atomic mass is 35.5. The first-order valence-electron chi connectivity index (χ1n) is 10.7. The molecule has 0 spiro atoms. The minimum atomic E-state index is -0.621. The summed E-state index contributed by atoms with van der Waals surface area (Å²) in [5, 5.41) is 3.93. The van der Waals surface area contributed by atoms with Crippen LogP contribution in [0.4, 0.5) is 4.39 Å². The molecule has 3 rings (SSSR count). The molecule has 1 aliphatic rings. The Hall–Kier alpha value is -1.76. The maximum atomic E-state index is 13.1. The number of halogens is 3. The number of carbonyl (C=O) groups is 2. The molecule has 1 N–H and O–H groups in total. The minimum Gasteiger partial charge on any atom is -0.352 e. The lowest BCUT2D eigenvalue weighted by molar-refractivity contribution is -0.138. The van der Waals surface area contributed by atoms with Gasteiger partial charge in [-0.25, -0.2) is 4.39 Å². The van der Waals surface area contributed by atoms with Crippen molar-refractivity contribution in [2.75, 3.05) is 5.75 Å². The molecule has 8 heteroatoms. The Balaban J connectivity index is 1.67. The fraction of sp³-hybridized carbons (Fsp3) is 0.417. The van der Waals surface area contributed by atoms with Crippen molar-refractivity contribution in [2.45, 2.75) is 57.0 Å². The van der Waals surface area contributed by atoms with Crippen LogP contribution in [0.25, 0.3) is 0 Å². The normalized spacial score (nSPS) is 14.9. The molecule has 0 aliphatic heterocycles. The van der Waals surface area contributed by atoms with Crippen LogP contribution in [-0.2, 0) is 21.9 Å². The van der Waals surface area contributed by atoms with Crippen molar-refractivity contribution < 1.29 is 14.0 Å². The minimum absolute atomic E-state index is 0.141. The Morgan fingerprint density at radius 3 is 2.41 bits per heavy atom. The number of hydrogen-bond donors (Lipinski definition) is 1. The second-order valence-electron chi connectivity index (χ2n) is 8.06. The monoisotopic (exact) mass is 496 g/mol. The summed E-state index contributed by atoms with van der Waals surface area (Å²) < 4.78 is 13.1. The van der Waals surface area contributed by atoms with Crippen molar-refractivity contribution >= 4 is 46.8 Å². The van der Waals surface area contributed by atoms with E-state index in [4.69, 9.17) is 23.2 Å². The highest BCUT2D eigenvalue weighted by Gasteiger charge is 2.28. The van der Waals surface area contributed by atoms with E-state index in [1.54, 1.807) is 36.1 Å². The summed E-state index contributed by atoms with van der Waals surface area (Å²) in [7, 11) is 0. The molecular formula is C24H27Cl2FN2O2S. The van der Waals surface area contributed by atoms with Crippen molar-refractivity contribution in [3.63, 3.8) is 0 Å². The molecule has 1 unspecified atom stereocenters. The molecule has 0 saturated heterocycles. The molecule has 32 heavy (non-hydrogen) atoms. The average molecular weight is 497 g/mol. The van der Waals surface area contributed by atoms with Gasteiger partial charge in [0.2, 0.25) is 11.8 Å². The number of thioether (sulfide) groups is 1. The first kappa shape index (κ1) is 24.9. The third-order valence-electron chi connectivity index (χ3n) is 5.61. The molecule has 0 bridgehead atoms. The molecule has 1 fully saturated rings. The van der Waals surface area contributed by atoms with Crippen LogP contribution >= 0.6 is 35.0 Å². The third-order valence-corrected chi connectivity index (χ3v) is 7.34. The van der Waals surface area contributed by atoms with E-state index in [9.17, 15) is 14.0 Å². The Labute approximate surface area is 202 Å². The Bertz CT molecular complexity index is 936. The first-order valence-corrected chi connectivity index (χ1v) is 12.6. The van der Waals surface area contributed by atoms with E-state index in [1.807, 2.05) is 6.07 Å². The van der Waals surface area contributed by atoms with E-state index in [1.165, 1.54) is 23.9 Å². The first-order chi connectivity index (χ1) is 15.3. The second-order valence-corrected chi connectivity index (χ2v) is 9.86. The molecule has 0 heterocycles. The maximum absolute atomic E-state index is 13.1. The van der Waals surface area contributed by atoms with Gasteiger partial charge in [0.25, 0.3) is 0 Å². The average Bonchev–Trinajstić information content (AvgIpc) is 3.28. The molecule has 1 saturated carbocycles. The number of rotatable bonds is 9. The van der Waals surface area contributed by atoms with Crippen molar-refractivity contribution in [3.8, 4) is 0 Å². The van der Waals surface area contributed by atoms with Gasteiger partial charge in [0, 0.05) is 18.3 Å². The topological polar surface area (TPSA) is 49.4 Å². The molecule has 0 aromatic heterocycles. The van der Waals surface area contributed by atoms with Crippen LogP contribution in [-0.4, -0.2) is 34.6 Å². The lowest BCUT2D eigenvalue weighted by Gasteiger charge is -2.30. The number of nitrogens with one attached hydrogen (secondary N) is 1. The van der Waals surface area contributed by atoms with Crippen LogP contribution in [0.5, 0.6) is 0 Å². The van der Waals surface area contributed by atoms with E-state index in [-0.39, 0.29) is 36.0 Å². The van der Waals surface area contributed by atoms with Crippen LogP contribution < -0.4 is 5.32 Å². The van der Waals surface area contributed by atoms with Crippen LogP contribution in [0.15, 0.2) is 42.5 Å². The van der Waals surface area contributed by atoms with Gasteiger partial charge in [-0.3, -0.25) is 9.59 Å². The number of benzene rings is 2. The summed E-state index contributed by atoms with van der Waals surface area (Å²) in [5.74, 6) is 0.213. The van der Waals surface area contributed by atoms with Gasteiger partial charge < -0.3 is 10.2 Å². The quantitative estimate of drug-likeness (QED) is 0.474. The van der Waals surface area contributed by atoms with E-state index < -0.39 is 6.04 Å². The number of hydrogen-bond acceptors (Lipinski definition) is 3. The zero-order chi connectivity index (χ0) is 23.1. The van der Waals surface area contributed by atoms with Crippen molar-refractivity contribution in [1.82, 2.24) is 10.2 Å². The van der Waals surface area contributed by atoms with Gasteiger partial charge in [-0.15, -0.1) is 11.8 Å². The lowest BCUT2D eigenvalue weighted by atomic mass is 10.1. The predicted octanol–water partition coefficient (Wildman–Crippen LogP) is 5.84. The van der Waals surface area contributed by atoms with E-state index in [2.05, 4.69) is 5.32 Å². The van der Waals surface area contributed by atoms with Crippen LogP contribution in [0, 0.1) is 5.82 Å². The van der Waals surface area contributed by atoms with Crippen molar-refractivity contribution in [1.29, 1.82) is 0 Å². The van der Waals surface area contributed by atoms with E-state index in [0.717, 1.165) is 36.8 Å².